The zero-order chi connectivity index (χ0) is 14.0. The lowest BCUT2D eigenvalue weighted by Gasteiger charge is -1.98. The van der Waals surface area contributed by atoms with E-state index in [9.17, 15) is 4.79 Å². The van der Waals surface area contributed by atoms with Crippen LogP contribution in [0.2, 0.25) is 0 Å². The van der Waals surface area contributed by atoms with Gasteiger partial charge in [-0.25, -0.2) is 0 Å². The number of para-hydroxylation sites is 2. The number of nitrogens with one attached hydrogen (secondary N) is 2. The topological polar surface area (TPSA) is 41.1 Å². The highest BCUT2D eigenvalue weighted by Crippen LogP contribution is 2.05. The maximum atomic E-state index is 11.6. The lowest BCUT2D eigenvalue weighted by Crippen LogP contribution is -1.93. The van der Waals surface area contributed by atoms with E-state index in [2.05, 4.69) is 10.6 Å². The molecule has 2 aromatic rings. The summed E-state index contributed by atoms with van der Waals surface area (Å²) >= 11 is 0. The van der Waals surface area contributed by atoms with Crippen molar-refractivity contribution in [2.24, 2.45) is 0 Å². The lowest BCUT2D eigenvalue weighted by molar-refractivity contribution is -0.110. The molecule has 2 N–H and O–H groups in total. The first-order valence-corrected chi connectivity index (χ1v) is 6.35. The second-order valence-corrected chi connectivity index (χ2v) is 4.09. The molecule has 0 saturated carbocycles. The number of ketones is 1. The fourth-order valence-corrected chi connectivity index (χ4v) is 1.56. The van der Waals surface area contributed by atoms with Crippen molar-refractivity contribution in [2.75, 3.05) is 10.6 Å². The van der Waals surface area contributed by atoms with E-state index in [0.29, 0.717) is 0 Å². The molecule has 0 atom stereocenters. The molecule has 0 radical (unpaired) electrons. The Labute approximate surface area is 118 Å². The summed E-state index contributed by atoms with van der Waals surface area (Å²) in [6.45, 7) is 0. The molecule has 3 heteroatoms. The van der Waals surface area contributed by atoms with Gasteiger partial charge in [-0.2, -0.15) is 0 Å². The smallest absolute Gasteiger partial charge is 0.181 e. The van der Waals surface area contributed by atoms with Crippen LogP contribution >= 0.6 is 0 Å². The van der Waals surface area contributed by atoms with Gasteiger partial charge in [0.05, 0.1) is 0 Å². The summed E-state index contributed by atoms with van der Waals surface area (Å²) in [5.74, 6) is -0.0862. The van der Waals surface area contributed by atoms with E-state index in [1.807, 2.05) is 60.7 Å². The Kier molecular flexibility index (Phi) is 5.17. The Hall–Kier alpha value is -2.81. The monoisotopic (exact) mass is 264 g/mol. The van der Waals surface area contributed by atoms with Gasteiger partial charge in [-0.3, -0.25) is 4.79 Å². The largest absolute Gasteiger partial charge is 0.362 e. The molecule has 0 unspecified atom stereocenters. The van der Waals surface area contributed by atoms with E-state index in [4.69, 9.17) is 0 Å². The number of anilines is 2. The van der Waals surface area contributed by atoms with Crippen molar-refractivity contribution in [1.82, 2.24) is 0 Å². The van der Waals surface area contributed by atoms with Gasteiger partial charge in [0.15, 0.2) is 5.78 Å². The van der Waals surface area contributed by atoms with Crippen molar-refractivity contribution >= 4 is 17.2 Å². The fraction of sp³-hybridized carbons (Fsp3) is 0. The molecule has 0 aliphatic heterocycles. The van der Waals surface area contributed by atoms with E-state index in [1.54, 1.807) is 12.4 Å². The van der Waals surface area contributed by atoms with Gasteiger partial charge in [0, 0.05) is 35.9 Å². The maximum Gasteiger partial charge on any atom is 0.181 e. The van der Waals surface area contributed by atoms with E-state index in [-0.39, 0.29) is 5.78 Å². The highest BCUT2D eigenvalue weighted by atomic mass is 16.1. The molecule has 0 amide bonds. The second kappa shape index (κ2) is 7.59. The molecular weight excluding hydrogens is 248 g/mol. The van der Waals surface area contributed by atoms with Crippen molar-refractivity contribution in [2.45, 2.75) is 0 Å². The van der Waals surface area contributed by atoms with Crippen LogP contribution in [0, 0.1) is 0 Å². The van der Waals surface area contributed by atoms with Crippen LogP contribution < -0.4 is 10.6 Å². The molecule has 0 spiro atoms. The van der Waals surface area contributed by atoms with E-state index in [0.717, 1.165) is 11.4 Å². The average Bonchev–Trinajstić information content (AvgIpc) is 2.49. The molecule has 0 fully saturated rings. The van der Waals surface area contributed by atoms with Gasteiger partial charge in [-0.05, 0) is 24.3 Å². The molecule has 2 rings (SSSR count). The summed E-state index contributed by atoms with van der Waals surface area (Å²) in [6.07, 6.45) is 6.22. The minimum absolute atomic E-state index is 0.0862. The molecule has 0 bridgehead atoms. The van der Waals surface area contributed by atoms with Crippen molar-refractivity contribution in [3.05, 3.63) is 85.2 Å². The van der Waals surface area contributed by atoms with Crippen LogP contribution in [0.15, 0.2) is 85.2 Å². The summed E-state index contributed by atoms with van der Waals surface area (Å²) in [6, 6.07) is 19.3. The zero-order valence-corrected chi connectivity index (χ0v) is 11.0. The first-order valence-electron chi connectivity index (χ1n) is 6.35. The Morgan fingerprint density at radius 2 is 1.10 bits per heavy atom. The second-order valence-electron chi connectivity index (χ2n) is 4.09. The number of benzene rings is 2. The summed E-state index contributed by atoms with van der Waals surface area (Å²) in [5, 5.41) is 6.06. The number of rotatable bonds is 6. The van der Waals surface area contributed by atoms with Crippen LogP contribution in [0.4, 0.5) is 11.4 Å². The molecule has 2 aromatic carbocycles. The van der Waals surface area contributed by atoms with Crippen LogP contribution in [0.3, 0.4) is 0 Å². The maximum absolute atomic E-state index is 11.6. The first kappa shape index (κ1) is 13.6. The Morgan fingerprint density at radius 3 is 1.50 bits per heavy atom. The fourth-order valence-electron chi connectivity index (χ4n) is 1.56. The Bertz CT molecular complexity index is 535. The minimum atomic E-state index is -0.0862. The van der Waals surface area contributed by atoms with Gasteiger partial charge in [0.25, 0.3) is 0 Å². The van der Waals surface area contributed by atoms with Gasteiger partial charge >= 0.3 is 0 Å². The van der Waals surface area contributed by atoms with E-state index >= 15 is 0 Å². The molecule has 0 heterocycles. The van der Waals surface area contributed by atoms with Crippen molar-refractivity contribution in [1.29, 1.82) is 0 Å². The molecule has 0 saturated heterocycles. The summed E-state index contributed by atoms with van der Waals surface area (Å²) in [7, 11) is 0. The highest BCUT2D eigenvalue weighted by Gasteiger charge is 1.89. The molecular formula is C17H16N2O. The van der Waals surface area contributed by atoms with E-state index < -0.39 is 0 Å². The van der Waals surface area contributed by atoms with Gasteiger partial charge in [0.1, 0.15) is 0 Å². The van der Waals surface area contributed by atoms with Crippen LogP contribution in [0.5, 0.6) is 0 Å². The molecule has 0 aliphatic carbocycles. The predicted molar refractivity (Wildman–Crippen MR) is 83.4 cm³/mol. The number of carbonyl (C=O) groups is 1. The van der Waals surface area contributed by atoms with Crippen molar-refractivity contribution in [3.63, 3.8) is 0 Å². The standard InChI is InChI=1S/C17H16N2O/c20-17(11-13-18-15-7-3-1-4-8-15)12-14-19-16-9-5-2-6-10-16/h1-14,18-19H. The molecule has 3 nitrogen and oxygen atoms in total. The summed E-state index contributed by atoms with van der Waals surface area (Å²) in [5.41, 5.74) is 1.89. The summed E-state index contributed by atoms with van der Waals surface area (Å²) < 4.78 is 0. The van der Waals surface area contributed by atoms with Crippen molar-refractivity contribution < 1.29 is 4.79 Å². The molecule has 100 valence electrons. The zero-order valence-electron chi connectivity index (χ0n) is 11.0. The quantitative estimate of drug-likeness (QED) is 0.780. The third kappa shape index (κ3) is 4.82. The van der Waals surface area contributed by atoms with Gasteiger partial charge in [-0.15, -0.1) is 0 Å². The Balaban J connectivity index is 1.77. The third-order valence-corrected chi connectivity index (χ3v) is 2.54. The lowest BCUT2D eigenvalue weighted by atomic mass is 10.3. The Morgan fingerprint density at radius 1 is 0.700 bits per heavy atom. The normalized spacial score (nSPS) is 10.8. The summed E-state index contributed by atoms with van der Waals surface area (Å²) in [4.78, 5) is 11.6. The molecule has 0 aliphatic rings. The van der Waals surface area contributed by atoms with E-state index in [1.165, 1.54) is 12.2 Å². The molecule has 0 aromatic heterocycles. The predicted octanol–water partition coefficient (Wildman–Crippen LogP) is 3.81. The number of hydrogen-bond donors (Lipinski definition) is 2. The average molecular weight is 264 g/mol. The van der Waals surface area contributed by atoms with Crippen LogP contribution in [0.25, 0.3) is 0 Å². The van der Waals surface area contributed by atoms with Crippen LogP contribution in [0.1, 0.15) is 0 Å². The van der Waals surface area contributed by atoms with Crippen LogP contribution in [-0.4, -0.2) is 5.78 Å². The number of hydrogen-bond acceptors (Lipinski definition) is 3. The van der Waals surface area contributed by atoms with Gasteiger partial charge in [0.2, 0.25) is 0 Å². The van der Waals surface area contributed by atoms with Crippen molar-refractivity contribution in [3.8, 4) is 0 Å². The minimum Gasteiger partial charge on any atom is -0.362 e. The SMILES string of the molecule is O=C(C=CNc1ccccc1)C=CNc1ccccc1. The highest BCUT2D eigenvalue weighted by molar-refractivity contribution is 5.99. The van der Waals surface area contributed by atoms with Gasteiger partial charge < -0.3 is 10.6 Å². The van der Waals surface area contributed by atoms with Crippen LogP contribution in [-0.2, 0) is 4.79 Å². The number of carbonyl (C=O) groups excluding carboxylic acids is 1. The third-order valence-electron chi connectivity index (χ3n) is 2.54. The molecule has 20 heavy (non-hydrogen) atoms. The van der Waals surface area contributed by atoms with Gasteiger partial charge in [-0.1, -0.05) is 36.4 Å². The number of allylic oxidation sites excluding steroid dienone is 2. The first-order chi connectivity index (χ1) is 9.84.